The summed E-state index contributed by atoms with van der Waals surface area (Å²) in [6, 6.07) is 29.1. The number of ether oxygens (including phenoxy) is 2. The fourth-order valence-electron chi connectivity index (χ4n) is 4.40. The van der Waals surface area contributed by atoms with Gasteiger partial charge in [0.25, 0.3) is 0 Å². The molecule has 1 saturated heterocycles. The molecule has 3 aromatic rings. The quantitative estimate of drug-likeness (QED) is 0.547. The van der Waals surface area contributed by atoms with E-state index in [0.717, 1.165) is 16.7 Å². The Bertz CT molecular complexity index is 954. The first-order valence-corrected chi connectivity index (χ1v) is 10.9. The van der Waals surface area contributed by atoms with Gasteiger partial charge in [0.2, 0.25) is 0 Å². The third-order valence-electron chi connectivity index (χ3n) is 5.97. The van der Waals surface area contributed by atoms with Crippen LogP contribution in [0.1, 0.15) is 29.7 Å². The average molecular weight is 432 g/mol. The molecule has 0 aromatic heterocycles. The van der Waals surface area contributed by atoms with Gasteiger partial charge in [0.05, 0.1) is 18.8 Å². The van der Waals surface area contributed by atoms with Gasteiger partial charge in [-0.1, -0.05) is 91.0 Å². The number of carbonyl (C=O) groups excluding carboxylic acids is 1. The molecule has 5 heteroatoms. The molecule has 1 aliphatic rings. The molecule has 0 radical (unpaired) electrons. The van der Waals surface area contributed by atoms with Crippen LogP contribution in [-0.2, 0) is 20.9 Å². The maximum atomic E-state index is 13.1. The molecule has 4 atom stereocenters. The lowest BCUT2D eigenvalue weighted by Crippen LogP contribution is -2.49. The van der Waals surface area contributed by atoms with Crippen LogP contribution in [0.3, 0.4) is 0 Å². The molecule has 0 aliphatic carbocycles. The van der Waals surface area contributed by atoms with Crippen molar-refractivity contribution in [1.82, 2.24) is 4.90 Å². The van der Waals surface area contributed by atoms with Gasteiger partial charge in [-0.15, -0.1) is 0 Å². The largest absolute Gasteiger partial charge is 0.456 e. The summed E-state index contributed by atoms with van der Waals surface area (Å²) in [7, 11) is 1.92. The minimum absolute atomic E-state index is 0.175. The monoisotopic (exact) mass is 431 g/mol. The number of nitrogens with zero attached hydrogens (tertiary/aromatic N) is 1. The zero-order valence-electron chi connectivity index (χ0n) is 18.4. The second kappa shape index (κ2) is 10.1. The maximum absolute atomic E-state index is 13.1. The molecule has 0 unspecified atom stereocenters. The molecule has 1 fully saturated rings. The average Bonchev–Trinajstić information content (AvgIpc) is 3.16. The number of cyclic esters (lactones) is 1. The Morgan fingerprint density at radius 3 is 1.91 bits per heavy atom. The lowest BCUT2D eigenvalue weighted by Gasteiger charge is -2.35. The molecule has 0 saturated carbocycles. The Labute approximate surface area is 189 Å². The van der Waals surface area contributed by atoms with Crippen LogP contribution >= 0.6 is 0 Å². The molecule has 0 amide bonds. The summed E-state index contributed by atoms with van der Waals surface area (Å²) in [5.41, 5.74) is 3.13. The standard InChI is InChI=1S/C27H29NO4/c1-19(29)25-26(31-18-20-12-6-3-7-13-20)24(27(30)32-25)28(2)23(21-14-8-4-9-15-21)22-16-10-5-11-17-22/h3-17,19,23-26,29H,18H2,1-2H3/t19-,24-,25+,26-/m1/s1. The zero-order chi connectivity index (χ0) is 22.5. The Morgan fingerprint density at radius 1 is 0.906 bits per heavy atom. The number of benzene rings is 3. The van der Waals surface area contributed by atoms with E-state index < -0.39 is 24.4 Å². The first kappa shape index (κ1) is 22.2. The lowest BCUT2D eigenvalue weighted by molar-refractivity contribution is -0.148. The number of esters is 1. The van der Waals surface area contributed by atoms with E-state index in [2.05, 4.69) is 24.3 Å². The summed E-state index contributed by atoms with van der Waals surface area (Å²) >= 11 is 0. The number of carbonyl (C=O) groups is 1. The summed E-state index contributed by atoms with van der Waals surface area (Å²) in [6.07, 6.45) is -2.18. The molecule has 3 aromatic carbocycles. The minimum Gasteiger partial charge on any atom is -0.456 e. The molecule has 5 nitrogen and oxygen atoms in total. The highest BCUT2D eigenvalue weighted by Crippen LogP contribution is 2.35. The number of aliphatic hydroxyl groups excluding tert-OH is 1. The lowest BCUT2D eigenvalue weighted by atomic mass is 9.94. The number of rotatable bonds is 8. The number of hydrogen-bond donors (Lipinski definition) is 1. The molecule has 0 spiro atoms. The van der Waals surface area contributed by atoms with Crippen molar-refractivity contribution >= 4 is 5.97 Å². The molecule has 0 bridgehead atoms. The highest BCUT2D eigenvalue weighted by molar-refractivity contribution is 5.79. The van der Waals surface area contributed by atoms with Gasteiger partial charge in [-0.25, -0.2) is 0 Å². The zero-order valence-corrected chi connectivity index (χ0v) is 18.4. The van der Waals surface area contributed by atoms with Gasteiger partial charge >= 0.3 is 5.97 Å². The van der Waals surface area contributed by atoms with Crippen LogP contribution in [-0.4, -0.2) is 47.4 Å². The first-order valence-electron chi connectivity index (χ1n) is 10.9. The van der Waals surface area contributed by atoms with Crippen molar-refractivity contribution in [2.75, 3.05) is 7.05 Å². The summed E-state index contributed by atoms with van der Waals surface area (Å²) < 4.78 is 11.9. The van der Waals surface area contributed by atoms with Crippen LogP contribution in [0, 0.1) is 0 Å². The second-order valence-electron chi connectivity index (χ2n) is 8.24. The third kappa shape index (κ3) is 4.75. The van der Waals surface area contributed by atoms with Gasteiger partial charge in [-0.3, -0.25) is 9.69 Å². The predicted octanol–water partition coefficient (Wildman–Crippen LogP) is 3.97. The van der Waals surface area contributed by atoms with Crippen LogP contribution in [0.2, 0.25) is 0 Å². The van der Waals surface area contributed by atoms with Crippen molar-refractivity contribution in [3.63, 3.8) is 0 Å². The van der Waals surface area contributed by atoms with Gasteiger partial charge in [-0.05, 0) is 30.7 Å². The second-order valence-corrected chi connectivity index (χ2v) is 8.24. The Kier molecular flexibility index (Phi) is 7.00. The van der Waals surface area contributed by atoms with E-state index >= 15 is 0 Å². The van der Waals surface area contributed by atoms with E-state index in [0.29, 0.717) is 6.61 Å². The van der Waals surface area contributed by atoms with E-state index in [1.807, 2.05) is 78.7 Å². The molecular weight excluding hydrogens is 402 g/mol. The smallest absolute Gasteiger partial charge is 0.326 e. The molecule has 32 heavy (non-hydrogen) atoms. The van der Waals surface area contributed by atoms with Crippen molar-refractivity contribution in [2.45, 2.75) is 43.9 Å². The number of likely N-dealkylation sites (N-methyl/N-ethyl adjacent to an activating group) is 1. The normalized spacial score (nSPS) is 21.7. The van der Waals surface area contributed by atoms with Gasteiger partial charge in [0, 0.05) is 0 Å². The fourth-order valence-corrected chi connectivity index (χ4v) is 4.40. The highest BCUT2D eigenvalue weighted by atomic mass is 16.6. The third-order valence-corrected chi connectivity index (χ3v) is 5.97. The Hall–Kier alpha value is -2.99. The molecule has 166 valence electrons. The maximum Gasteiger partial charge on any atom is 0.326 e. The van der Waals surface area contributed by atoms with Gasteiger partial charge in [0.15, 0.2) is 6.10 Å². The van der Waals surface area contributed by atoms with Gasteiger partial charge in [-0.2, -0.15) is 0 Å². The number of hydrogen-bond acceptors (Lipinski definition) is 5. The van der Waals surface area contributed by atoms with Crippen LogP contribution < -0.4 is 0 Å². The van der Waals surface area contributed by atoms with E-state index in [4.69, 9.17) is 9.47 Å². The molecule has 1 heterocycles. The van der Waals surface area contributed by atoms with Crippen molar-refractivity contribution in [3.8, 4) is 0 Å². The van der Waals surface area contributed by atoms with Gasteiger partial charge < -0.3 is 14.6 Å². The topological polar surface area (TPSA) is 59.0 Å². The summed E-state index contributed by atoms with van der Waals surface area (Å²) in [5, 5.41) is 10.3. The Balaban J connectivity index is 1.67. The fraction of sp³-hybridized carbons (Fsp3) is 0.296. The van der Waals surface area contributed by atoms with Crippen LogP contribution in [0.15, 0.2) is 91.0 Å². The predicted molar refractivity (Wildman–Crippen MR) is 123 cm³/mol. The molecule has 1 aliphatic heterocycles. The van der Waals surface area contributed by atoms with Crippen molar-refractivity contribution < 1.29 is 19.4 Å². The van der Waals surface area contributed by atoms with Crippen LogP contribution in [0.5, 0.6) is 0 Å². The molecular formula is C27H29NO4. The SMILES string of the molecule is C[C@@H](O)[C@@H]1OC(=O)[C@H](N(C)C(c2ccccc2)c2ccccc2)[C@H]1OCc1ccccc1. The van der Waals surface area contributed by atoms with E-state index in [9.17, 15) is 9.90 Å². The summed E-state index contributed by atoms with van der Waals surface area (Å²) in [4.78, 5) is 15.1. The molecule has 1 N–H and O–H groups in total. The van der Waals surface area contributed by atoms with Crippen molar-refractivity contribution in [1.29, 1.82) is 0 Å². The minimum atomic E-state index is -0.843. The van der Waals surface area contributed by atoms with Crippen LogP contribution in [0.4, 0.5) is 0 Å². The first-order chi connectivity index (χ1) is 15.6. The van der Waals surface area contributed by atoms with Crippen LogP contribution in [0.25, 0.3) is 0 Å². The Morgan fingerprint density at radius 2 is 1.41 bits per heavy atom. The number of aliphatic hydroxyl groups is 1. The highest BCUT2D eigenvalue weighted by Gasteiger charge is 2.51. The van der Waals surface area contributed by atoms with E-state index in [-0.39, 0.29) is 12.0 Å². The van der Waals surface area contributed by atoms with Crippen molar-refractivity contribution in [3.05, 3.63) is 108 Å². The van der Waals surface area contributed by atoms with E-state index in [1.54, 1.807) is 6.92 Å². The van der Waals surface area contributed by atoms with Crippen molar-refractivity contribution in [2.24, 2.45) is 0 Å². The van der Waals surface area contributed by atoms with Gasteiger partial charge in [0.1, 0.15) is 12.1 Å². The molecule has 4 rings (SSSR count). The summed E-state index contributed by atoms with van der Waals surface area (Å²) in [6.45, 7) is 1.96. The van der Waals surface area contributed by atoms with E-state index in [1.165, 1.54) is 0 Å². The summed E-state index contributed by atoms with van der Waals surface area (Å²) in [5.74, 6) is -0.381.